The van der Waals surface area contributed by atoms with Crippen LogP contribution in [0.4, 0.5) is 8.78 Å². The first-order chi connectivity index (χ1) is 19.0. The van der Waals surface area contributed by atoms with E-state index in [4.69, 9.17) is 0 Å². The zero-order valence-corrected chi connectivity index (χ0v) is 23.2. The van der Waals surface area contributed by atoms with Gasteiger partial charge in [-0.15, -0.1) is 0 Å². The van der Waals surface area contributed by atoms with Crippen molar-refractivity contribution in [1.29, 1.82) is 0 Å². The standard InChI is InChI=1S/C28H36F2N2O.C6H6/c1-31(28(33)24-8-12-26(30)13-9-24)27-14-7-23(19-27)20-32-17-15-22(16-18-32)4-2-3-21-5-10-25(29)11-6-21;1-2-4-6-5-3-1/h5-6,8-13,22-23,27H,2-4,7,14-20H2,1H3;1-6H. The maximum absolute atomic E-state index is 13.2. The molecule has 1 saturated heterocycles. The Morgan fingerprint density at radius 1 is 0.795 bits per heavy atom. The molecule has 1 aliphatic carbocycles. The van der Waals surface area contributed by atoms with Crippen LogP contribution in [0.15, 0.2) is 84.9 Å². The highest BCUT2D eigenvalue weighted by Crippen LogP contribution is 2.32. The number of nitrogens with zero attached hydrogens (tertiary/aromatic N) is 2. The highest BCUT2D eigenvalue weighted by Gasteiger charge is 2.32. The van der Waals surface area contributed by atoms with Gasteiger partial charge in [0.15, 0.2) is 0 Å². The Balaban J connectivity index is 0.000000519. The van der Waals surface area contributed by atoms with Crippen molar-refractivity contribution in [3.05, 3.63) is 108 Å². The molecule has 1 amide bonds. The number of hydrogen-bond acceptors (Lipinski definition) is 2. The number of halogens is 2. The van der Waals surface area contributed by atoms with Gasteiger partial charge in [0.05, 0.1) is 0 Å². The summed E-state index contributed by atoms with van der Waals surface area (Å²) in [6.45, 7) is 3.48. The molecule has 3 aromatic carbocycles. The van der Waals surface area contributed by atoms with E-state index in [1.54, 1.807) is 24.3 Å². The lowest BCUT2D eigenvalue weighted by Crippen LogP contribution is -2.38. The molecule has 0 aromatic heterocycles. The van der Waals surface area contributed by atoms with Crippen molar-refractivity contribution in [2.75, 3.05) is 26.7 Å². The molecule has 3 nitrogen and oxygen atoms in total. The van der Waals surface area contributed by atoms with E-state index in [0.717, 1.165) is 31.7 Å². The summed E-state index contributed by atoms with van der Waals surface area (Å²) in [6, 6.07) is 25.0. The highest BCUT2D eigenvalue weighted by atomic mass is 19.1. The predicted octanol–water partition coefficient (Wildman–Crippen LogP) is 7.63. The second-order valence-corrected chi connectivity index (χ2v) is 11.2. The number of carbonyl (C=O) groups is 1. The molecular weight excluding hydrogens is 490 g/mol. The van der Waals surface area contributed by atoms with Crippen LogP contribution in [0.5, 0.6) is 0 Å². The molecule has 208 valence electrons. The topological polar surface area (TPSA) is 23.6 Å². The summed E-state index contributed by atoms with van der Waals surface area (Å²) in [5.74, 6) is 0.964. The minimum absolute atomic E-state index is 0.0119. The molecule has 5 heteroatoms. The second kappa shape index (κ2) is 14.9. The number of benzene rings is 3. The summed E-state index contributed by atoms with van der Waals surface area (Å²) >= 11 is 0. The van der Waals surface area contributed by atoms with E-state index in [9.17, 15) is 13.6 Å². The van der Waals surface area contributed by atoms with E-state index >= 15 is 0 Å². The van der Waals surface area contributed by atoms with Gasteiger partial charge in [0.1, 0.15) is 11.6 Å². The molecule has 2 unspecified atom stereocenters. The van der Waals surface area contributed by atoms with Crippen molar-refractivity contribution in [2.24, 2.45) is 11.8 Å². The molecule has 5 rings (SSSR count). The van der Waals surface area contributed by atoms with Crippen molar-refractivity contribution < 1.29 is 13.6 Å². The van der Waals surface area contributed by atoms with Crippen LogP contribution in [0.1, 0.15) is 60.9 Å². The number of hydrogen-bond donors (Lipinski definition) is 0. The van der Waals surface area contributed by atoms with Gasteiger partial charge in [-0.2, -0.15) is 0 Å². The molecule has 2 atom stereocenters. The van der Waals surface area contributed by atoms with E-state index < -0.39 is 0 Å². The van der Waals surface area contributed by atoms with E-state index in [1.165, 1.54) is 62.9 Å². The summed E-state index contributed by atoms with van der Waals surface area (Å²) < 4.78 is 26.2. The maximum atomic E-state index is 13.2. The lowest BCUT2D eigenvalue weighted by molar-refractivity contribution is 0.0728. The fourth-order valence-electron chi connectivity index (χ4n) is 5.98. The van der Waals surface area contributed by atoms with Crippen LogP contribution in [0.2, 0.25) is 0 Å². The first-order valence-corrected chi connectivity index (χ1v) is 14.5. The lowest BCUT2D eigenvalue weighted by Gasteiger charge is -2.34. The largest absolute Gasteiger partial charge is 0.339 e. The summed E-state index contributed by atoms with van der Waals surface area (Å²) in [7, 11) is 1.89. The van der Waals surface area contributed by atoms with Gasteiger partial charge in [-0.05, 0) is 112 Å². The van der Waals surface area contributed by atoms with Gasteiger partial charge in [0.2, 0.25) is 0 Å². The van der Waals surface area contributed by atoms with Gasteiger partial charge in [0, 0.05) is 25.2 Å². The molecule has 1 saturated carbocycles. The third kappa shape index (κ3) is 9.28. The smallest absolute Gasteiger partial charge is 0.253 e. The molecule has 0 bridgehead atoms. The number of carbonyl (C=O) groups excluding carboxylic acids is 1. The molecule has 0 N–H and O–H groups in total. The van der Waals surface area contributed by atoms with Gasteiger partial charge in [-0.1, -0.05) is 55.0 Å². The fraction of sp³-hybridized carbons (Fsp3) is 0.441. The van der Waals surface area contributed by atoms with Crippen LogP contribution < -0.4 is 0 Å². The van der Waals surface area contributed by atoms with Crippen LogP contribution in [-0.2, 0) is 6.42 Å². The number of aryl methyl sites for hydroxylation is 1. The molecule has 0 spiro atoms. The van der Waals surface area contributed by atoms with Crippen LogP contribution in [0, 0.1) is 23.5 Å². The van der Waals surface area contributed by atoms with Gasteiger partial charge >= 0.3 is 0 Å². The Morgan fingerprint density at radius 2 is 1.36 bits per heavy atom. The van der Waals surface area contributed by atoms with Crippen molar-refractivity contribution in [3.63, 3.8) is 0 Å². The van der Waals surface area contributed by atoms with Gasteiger partial charge < -0.3 is 9.80 Å². The molecule has 39 heavy (non-hydrogen) atoms. The van der Waals surface area contributed by atoms with E-state index in [-0.39, 0.29) is 23.6 Å². The van der Waals surface area contributed by atoms with Crippen LogP contribution in [-0.4, -0.2) is 48.4 Å². The molecule has 1 heterocycles. The summed E-state index contributed by atoms with van der Waals surface area (Å²) in [6.07, 6.45) is 9.28. The SMILES string of the molecule is CN(C(=O)c1ccc(F)cc1)C1CCC(CN2CCC(CCCc3ccc(F)cc3)CC2)C1.c1ccccc1. The van der Waals surface area contributed by atoms with Crippen LogP contribution >= 0.6 is 0 Å². The van der Waals surface area contributed by atoms with Gasteiger partial charge in [-0.25, -0.2) is 8.78 Å². The monoisotopic (exact) mass is 532 g/mol. The minimum atomic E-state index is -0.313. The van der Waals surface area contributed by atoms with E-state index in [0.29, 0.717) is 11.5 Å². The van der Waals surface area contributed by atoms with Crippen molar-refractivity contribution >= 4 is 5.91 Å². The predicted molar refractivity (Wildman–Crippen MR) is 155 cm³/mol. The second-order valence-electron chi connectivity index (χ2n) is 11.2. The molecule has 1 aliphatic heterocycles. The Morgan fingerprint density at radius 3 is 1.95 bits per heavy atom. The minimum Gasteiger partial charge on any atom is -0.339 e. The number of rotatable bonds is 8. The van der Waals surface area contributed by atoms with Gasteiger partial charge in [0.25, 0.3) is 5.91 Å². The highest BCUT2D eigenvalue weighted by molar-refractivity contribution is 5.94. The molecule has 2 aliphatic rings. The first kappa shape index (κ1) is 28.9. The van der Waals surface area contributed by atoms with Crippen LogP contribution in [0.25, 0.3) is 0 Å². The average Bonchev–Trinajstić information content (AvgIpc) is 3.44. The molecular formula is C34H42F2N2O. The summed E-state index contributed by atoms with van der Waals surface area (Å²) in [5.41, 5.74) is 1.79. The summed E-state index contributed by atoms with van der Waals surface area (Å²) in [4.78, 5) is 17.2. The zero-order valence-electron chi connectivity index (χ0n) is 23.2. The number of piperidine rings is 1. The normalized spacial score (nSPS) is 19.8. The molecule has 0 radical (unpaired) electrons. The van der Waals surface area contributed by atoms with E-state index in [2.05, 4.69) is 4.90 Å². The third-order valence-electron chi connectivity index (χ3n) is 8.35. The quantitative estimate of drug-likeness (QED) is 0.298. The average molecular weight is 533 g/mol. The van der Waals surface area contributed by atoms with Crippen molar-refractivity contribution in [2.45, 2.75) is 57.4 Å². The molecule has 2 fully saturated rings. The van der Waals surface area contributed by atoms with Crippen LogP contribution in [0.3, 0.4) is 0 Å². The summed E-state index contributed by atoms with van der Waals surface area (Å²) in [5, 5.41) is 0. The molecule has 3 aromatic rings. The fourth-order valence-corrected chi connectivity index (χ4v) is 5.98. The van der Waals surface area contributed by atoms with E-state index in [1.807, 2.05) is 60.5 Å². The Kier molecular flexibility index (Phi) is 11.1. The number of likely N-dealkylation sites (tertiary alicyclic amines) is 1. The number of amides is 1. The van der Waals surface area contributed by atoms with Gasteiger partial charge in [-0.3, -0.25) is 4.79 Å². The maximum Gasteiger partial charge on any atom is 0.253 e. The Labute approximate surface area is 232 Å². The first-order valence-electron chi connectivity index (χ1n) is 14.5. The van der Waals surface area contributed by atoms with Crippen molar-refractivity contribution in [3.8, 4) is 0 Å². The van der Waals surface area contributed by atoms with Crippen molar-refractivity contribution in [1.82, 2.24) is 9.80 Å². The Bertz CT molecular complexity index is 1090. The third-order valence-corrected chi connectivity index (χ3v) is 8.35. The Hall–Kier alpha value is -3.05. The zero-order chi connectivity index (χ0) is 27.5. The lowest BCUT2D eigenvalue weighted by atomic mass is 9.90.